The minimum atomic E-state index is 0.191. The zero-order chi connectivity index (χ0) is 13.5. The van der Waals surface area contributed by atoms with Crippen LogP contribution in [0, 0.1) is 12.3 Å². The van der Waals surface area contributed by atoms with Gasteiger partial charge in [-0.25, -0.2) is 0 Å². The summed E-state index contributed by atoms with van der Waals surface area (Å²) in [6.45, 7) is 2.99. The molecule has 0 saturated carbocycles. The van der Waals surface area contributed by atoms with E-state index in [1.54, 1.807) is 0 Å². The van der Waals surface area contributed by atoms with Crippen LogP contribution in [0.15, 0.2) is 54.6 Å². The van der Waals surface area contributed by atoms with Gasteiger partial charge in [0.1, 0.15) is 0 Å². The molecular formula is C18H19N. The molecule has 0 saturated heterocycles. The summed E-state index contributed by atoms with van der Waals surface area (Å²) in [5.74, 6) is 2.94. The average molecular weight is 249 g/mol. The predicted molar refractivity (Wildman–Crippen MR) is 82.3 cm³/mol. The summed E-state index contributed by atoms with van der Waals surface area (Å²) in [6.07, 6.45) is 6.44. The fraction of sp³-hybridized carbons (Fsp3) is 0.222. The van der Waals surface area contributed by atoms with Gasteiger partial charge in [-0.3, -0.25) is 0 Å². The number of benzene rings is 2. The van der Waals surface area contributed by atoms with Crippen molar-refractivity contribution in [3.05, 3.63) is 65.7 Å². The van der Waals surface area contributed by atoms with Gasteiger partial charge >= 0.3 is 0 Å². The SMILES string of the molecule is C#CC(C)c1ccc(CCNc2ccccc2)cc1. The molecule has 0 radical (unpaired) electrons. The zero-order valence-electron chi connectivity index (χ0n) is 11.3. The first-order valence-corrected chi connectivity index (χ1v) is 6.63. The van der Waals surface area contributed by atoms with Crippen LogP contribution >= 0.6 is 0 Å². The molecule has 0 aliphatic heterocycles. The van der Waals surface area contributed by atoms with Crippen molar-refractivity contribution in [2.24, 2.45) is 0 Å². The van der Waals surface area contributed by atoms with Crippen molar-refractivity contribution in [2.45, 2.75) is 19.3 Å². The highest BCUT2D eigenvalue weighted by atomic mass is 14.9. The lowest BCUT2D eigenvalue weighted by Gasteiger charge is -2.08. The molecule has 0 aliphatic carbocycles. The Morgan fingerprint density at radius 3 is 2.37 bits per heavy atom. The Morgan fingerprint density at radius 2 is 1.74 bits per heavy atom. The lowest BCUT2D eigenvalue weighted by molar-refractivity contribution is 0.985. The summed E-state index contributed by atoms with van der Waals surface area (Å²) >= 11 is 0. The number of hydrogen-bond donors (Lipinski definition) is 1. The number of hydrogen-bond acceptors (Lipinski definition) is 1. The van der Waals surface area contributed by atoms with Crippen LogP contribution in [0.5, 0.6) is 0 Å². The summed E-state index contributed by atoms with van der Waals surface area (Å²) in [4.78, 5) is 0. The average Bonchev–Trinajstić information content (AvgIpc) is 2.48. The first-order valence-electron chi connectivity index (χ1n) is 6.63. The molecule has 1 atom stereocenters. The van der Waals surface area contributed by atoms with Gasteiger partial charge in [-0.2, -0.15) is 0 Å². The van der Waals surface area contributed by atoms with Crippen LogP contribution in [-0.2, 0) is 6.42 Å². The maximum absolute atomic E-state index is 5.43. The minimum Gasteiger partial charge on any atom is -0.385 e. The normalized spacial score (nSPS) is 11.6. The van der Waals surface area contributed by atoms with Gasteiger partial charge in [-0.15, -0.1) is 6.42 Å². The summed E-state index contributed by atoms with van der Waals surface area (Å²) in [5, 5.41) is 3.41. The second-order valence-corrected chi connectivity index (χ2v) is 4.67. The molecule has 1 N–H and O–H groups in total. The zero-order valence-corrected chi connectivity index (χ0v) is 11.3. The van der Waals surface area contributed by atoms with E-state index in [1.165, 1.54) is 16.8 Å². The molecule has 19 heavy (non-hydrogen) atoms. The van der Waals surface area contributed by atoms with Crippen LogP contribution in [-0.4, -0.2) is 6.54 Å². The van der Waals surface area contributed by atoms with E-state index in [0.29, 0.717) is 0 Å². The Balaban J connectivity index is 1.85. The molecule has 0 spiro atoms. The molecule has 2 rings (SSSR count). The van der Waals surface area contributed by atoms with Crippen LogP contribution < -0.4 is 5.32 Å². The second-order valence-electron chi connectivity index (χ2n) is 4.67. The van der Waals surface area contributed by atoms with Crippen molar-refractivity contribution < 1.29 is 0 Å². The van der Waals surface area contributed by atoms with Gasteiger partial charge in [0.05, 0.1) is 0 Å². The van der Waals surface area contributed by atoms with Gasteiger partial charge < -0.3 is 5.32 Å². The summed E-state index contributed by atoms with van der Waals surface area (Å²) in [6, 6.07) is 18.8. The van der Waals surface area contributed by atoms with Crippen molar-refractivity contribution >= 4 is 5.69 Å². The van der Waals surface area contributed by atoms with Gasteiger partial charge in [0.25, 0.3) is 0 Å². The molecule has 0 aliphatic rings. The smallest absolute Gasteiger partial charge is 0.0421 e. The highest BCUT2D eigenvalue weighted by molar-refractivity contribution is 5.42. The number of rotatable bonds is 5. The molecule has 1 nitrogen and oxygen atoms in total. The van der Waals surface area contributed by atoms with Crippen LogP contribution in [0.1, 0.15) is 24.0 Å². The van der Waals surface area contributed by atoms with Crippen LogP contribution in [0.25, 0.3) is 0 Å². The quantitative estimate of drug-likeness (QED) is 0.787. The standard InChI is InChI=1S/C18H19N/c1-3-15(2)17-11-9-16(10-12-17)13-14-19-18-7-5-4-6-8-18/h1,4-12,15,19H,13-14H2,2H3. The third-order valence-electron chi connectivity index (χ3n) is 3.25. The maximum atomic E-state index is 5.43. The first kappa shape index (κ1) is 13.2. The Morgan fingerprint density at radius 1 is 1.05 bits per heavy atom. The maximum Gasteiger partial charge on any atom is 0.0421 e. The van der Waals surface area contributed by atoms with E-state index in [9.17, 15) is 0 Å². The molecule has 0 heterocycles. The van der Waals surface area contributed by atoms with E-state index < -0.39 is 0 Å². The molecule has 0 aromatic heterocycles. The van der Waals surface area contributed by atoms with Crippen molar-refractivity contribution in [3.63, 3.8) is 0 Å². The van der Waals surface area contributed by atoms with Crippen LogP contribution in [0.2, 0.25) is 0 Å². The molecule has 2 aromatic carbocycles. The fourth-order valence-electron chi connectivity index (χ4n) is 1.98. The molecule has 0 fully saturated rings. The van der Waals surface area contributed by atoms with E-state index in [-0.39, 0.29) is 5.92 Å². The summed E-state index contributed by atoms with van der Waals surface area (Å²) in [5.41, 5.74) is 3.71. The Kier molecular flexibility index (Phi) is 4.64. The van der Waals surface area contributed by atoms with Crippen molar-refractivity contribution in [1.29, 1.82) is 0 Å². The minimum absolute atomic E-state index is 0.191. The van der Waals surface area contributed by atoms with E-state index >= 15 is 0 Å². The molecule has 0 amide bonds. The second kappa shape index (κ2) is 6.66. The highest BCUT2D eigenvalue weighted by Crippen LogP contribution is 2.15. The van der Waals surface area contributed by atoms with Gasteiger partial charge in [0.2, 0.25) is 0 Å². The number of para-hydroxylation sites is 1. The van der Waals surface area contributed by atoms with E-state index in [0.717, 1.165) is 13.0 Å². The largest absolute Gasteiger partial charge is 0.385 e. The van der Waals surface area contributed by atoms with Crippen molar-refractivity contribution in [3.8, 4) is 12.3 Å². The number of anilines is 1. The first-order chi connectivity index (χ1) is 9.29. The highest BCUT2D eigenvalue weighted by Gasteiger charge is 2.01. The predicted octanol–water partition coefficient (Wildman–Crippen LogP) is 4.08. The van der Waals surface area contributed by atoms with Crippen molar-refractivity contribution in [2.75, 3.05) is 11.9 Å². The third-order valence-corrected chi connectivity index (χ3v) is 3.25. The topological polar surface area (TPSA) is 12.0 Å². The molecular weight excluding hydrogens is 230 g/mol. The Hall–Kier alpha value is -2.20. The summed E-state index contributed by atoms with van der Waals surface area (Å²) in [7, 11) is 0. The van der Waals surface area contributed by atoms with E-state index in [4.69, 9.17) is 6.42 Å². The van der Waals surface area contributed by atoms with Crippen molar-refractivity contribution in [1.82, 2.24) is 0 Å². The van der Waals surface area contributed by atoms with E-state index in [1.807, 2.05) is 25.1 Å². The summed E-state index contributed by atoms with van der Waals surface area (Å²) < 4.78 is 0. The monoisotopic (exact) mass is 249 g/mol. The Bertz CT molecular complexity index is 534. The Labute approximate surface area is 115 Å². The van der Waals surface area contributed by atoms with Crippen LogP contribution in [0.3, 0.4) is 0 Å². The third kappa shape index (κ3) is 3.89. The van der Waals surface area contributed by atoms with Gasteiger partial charge in [0.15, 0.2) is 0 Å². The number of nitrogens with one attached hydrogen (secondary N) is 1. The molecule has 1 unspecified atom stereocenters. The van der Waals surface area contributed by atoms with Crippen LogP contribution in [0.4, 0.5) is 5.69 Å². The molecule has 2 aromatic rings. The number of terminal acetylenes is 1. The fourth-order valence-corrected chi connectivity index (χ4v) is 1.98. The lowest BCUT2D eigenvalue weighted by Crippen LogP contribution is -2.04. The lowest BCUT2D eigenvalue weighted by atomic mass is 10.00. The van der Waals surface area contributed by atoms with Gasteiger partial charge in [0, 0.05) is 18.2 Å². The van der Waals surface area contributed by atoms with Gasteiger partial charge in [-0.1, -0.05) is 48.4 Å². The van der Waals surface area contributed by atoms with E-state index in [2.05, 4.69) is 47.6 Å². The molecule has 96 valence electrons. The molecule has 1 heteroatoms. The molecule has 0 bridgehead atoms. The van der Waals surface area contributed by atoms with Gasteiger partial charge in [-0.05, 0) is 36.6 Å².